The van der Waals surface area contributed by atoms with Crippen LogP contribution in [0.5, 0.6) is 0 Å². The Balaban J connectivity index is 2.35. The first-order valence-corrected chi connectivity index (χ1v) is 10.4. The molecule has 152 valence electrons. The van der Waals surface area contributed by atoms with Crippen LogP contribution in [-0.4, -0.2) is 35.4 Å². The molecule has 1 amide bonds. The van der Waals surface area contributed by atoms with Crippen molar-refractivity contribution in [3.8, 4) is 11.1 Å². The lowest BCUT2D eigenvalue weighted by atomic mass is 9.71. The standard InChI is InChI=1S/C22H22BrNO5/c1-29-20(26)17(19(24)25)15-9-6-8-14-13-7-2-3-10-16(13)22(18(14)15,21(27)28)11-4-5-12-23/h2-3,6-10,17H,4-5,11-12H2,1H3,(H2,24,25)(H,27,28). The van der Waals surface area contributed by atoms with Crippen LogP contribution in [0.4, 0.5) is 0 Å². The number of methoxy groups -OCH3 is 1. The molecule has 0 bridgehead atoms. The predicted molar refractivity (Wildman–Crippen MR) is 112 cm³/mol. The van der Waals surface area contributed by atoms with Gasteiger partial charge in [-0.3, -0.25) is 14.4 Å². The summed E-state index contributed by atoms with van der Waals surface area (Å²) in [7, 11) is 1.18. The van der Waals surface area contributed by atoms with Gasteiger partial charge in [-0.1, -0.05) is 64.8 Å². The van der Waals surface area contributed by atoms with Crippen LogP contribution in [0.25, 0.3) is 11.1 Å². The molecule has 7 heteroatoms. The third-order valence-electron chi connectivity index (χ3n) is 5.53. The first-order chi connectivity index (χ1) is 13.9. The molecule has 2 aromatic rings. The molecule has 0 fully saturated rings. The molecule has 2 atom stereocenters. The van der Waals surface area contributed by atoms with Gasteiger partial charge in [0.2, 0.25) is 5.91 Å². The number of esters is 1. The van der Waals surface area contributed by atoms with Gasteiger partial charge in [0.15, 0.2) is 5.92 Å². The van der Waals surface area contributed by atoms with E-state index in [0.717, 1.165) is 17.3 Å². The van der Waals surface area contributed by atoms with Crippen LogP contribution in [0, 0.1) is 0 Å². The zero-order valence-corrected chi connectivity index (χ0v) is 17.6. The number of carbonyl (C=O) groups excluding carboxylic acids is 2. The lowest BCUT2D eigenvalue weighted by Gasteiger charge is -2.30. The average molecular weight is 460 g/mol. The molecule has 0 spiro atoms. The summed E-state index contributed by atoms with van der Waals surface area (Å²) in [4.78, 5) is 37.4. The quantitative estimate of drug-likeness (QED) is 0.272. The Labute approximate surface area is 177 Å². The number of aliphatic carboxylic acids is 1. The van der Waals surface area contributed by atoms with E-state index in [2.05, 4.69) is 15.9 Å². The number of halogens is 1. The second kappa shape index (κ2) is 8.37. The molecule has 0 saturated heterocycles. The van der Waals surface area contributed by atoms with Crippen molar-refractivity contribution in [3.05, 3.63) is 59.2 Å². The summed E-state index contributed by atoms with van der Waals surface area (Å²) < 4.78 is 4.80. The van der Waals surface area contributed by atoms with E-state index in [4.69, 9.17) is 10.5 Å². The van der Waals surface area contributed by atoms with Crippen LogP contribution in [0.2, 0.25) is 0 Å². The van der Waals surface area contributed by atoms with Crippen LogP contribution < -0.4 is 5.73 Å². The highest BCUT2D eigenvalue weighted by Crippen LogP contribution is 2.54. The number of carboxylic acids is 1. The molecule has 0 saturated carbocycles. The molecule has 0 aromatic heterocycles. The Kier molecular flexibility index (Phi) is 6.07. The molecular formula is C22H22BrNO5. The summed E-state index contributed by atoms with van der Waals surface area (Å²) in [6.45, 7) is 0. The van der Waals surface area contributed by atoms with Gasteiger partial charge in [0.1, 0.15) is 5.41 Å². The maximum Gasteiger partial charge on any atom is 0.322 e. The number of hydrogen-bond acceptors (Lipinski definition) is 4. The van der Waals surface area contributed by atoms with Crippen molar-refractivity contribution in [1.29, 1.82) is 0 Å². The monoisotopic (exact) mass is 459 g/mol. The van der Waals surface area contributed by atoms with E-state index < -0.39 is 29.2 Å². The first kappa shape index (κ1) is 21.0. The van der Waals surface area contributed by atoms with E-state index in [1.807, 2.05) is 18.2 Å². The van der Waals surface area contributed by atoms with Crippen LogP contribution in [0.1, 0.15) is 41.9 Å². The lowest BCUT2D eigenvalue weighted by Crippen LogP contribution is -2.38. The average Bonchev–Trinajstić information content (AvgIpc) is 3.00. The van der Waals surface area contributed by atoms with E-state index in [0.29, 0.717) is 35.1 Å². The number of amides is 1. The first-order valence-electron chi connectivity index (χ1n) is 9.30. The number of carbonyl (C=O) groups is 3. The second-order valence-electron chi connectivity index (χ2n) is 7.03. The SMILES string of the molecule is COC(=O)C(C(N)=O)c1cccc2c1C(CCCCBr)(C(=O)O)c1ccccc1-2. The van der Waals surface area contributed by atoms with Gasteiger partial charge in [-0.2, -0.15) is 0 Å². The number of unbranched alkanes of at least 4 members (excludes halogenated alkanes) is 1. The topological polar surface area (TPSA) is 107 Å². The lowest BCUT2D eigenvalue weighted by molar-refractivity contribution is -0.146. The highest BCUT2D eigenvalue weighted by Gasteiger charge is 2.51. The fourth-order valence-corrected chi connectivity index (χ4v) is 4.72. The molecule has 3 N–H and O–H groups in total. The van der Waals surface area contributed by atoms with Gasteiger partial charge in [-0.15, -0.1) is 0 Å². The molecule has 0 radical (unpaired) electrons. The molecule has 3 rings (SSSR count). The fraction of sp³-hybridized carbons (Fsp3) is 0.318. The molecule has 0 aliphatic heterocycles. The minimum Gasteiger partial charge on any atom is -0.480 e. The number of ether oxygens (including phenoxy) is 1. The summed E-state index contributed by atoms with van der Waals surface area (Å²) in [5.41, 5.74) is 7.07. The van der Waals surface area contributed by atoms with Crippen molar-refractivity contribution in [3.63, 3.8) is 0 Å². The van der Waals surface area contributed by atoms with Crippen LogP contribution in [0.15, 0.2) is 42.5 Å². The van der Waals surface area contributed by atoms with Gasteiger partial charge in [-0.05, 0) is 40.7 Å². The summed E-state index contributed by atoms with van der Waals surface area (Å²) in [5, 5.41) is 11.2. The Hall–Kier alpha value is -2.67. The number of carboxylic acid groups (broad SMARTS) is 1. The van der Waals surface area contributed by atoms with Crippen molar-refractivity contribution < 1.29 is 24.2 Å². The fourth-order valence-electron chi connectivity index (χ4n) is 4.32. The number of hydrogen-bond donors (Lipinski definition) is 2. The normalized spacial score (nSPS) is 17.9. The highest BCUT2D eigenvalue weighted by atomic mass is 79.9. The number of fused-ring (bicyclic) bond motifs is 3. The van der Waals surface area contributed by atoms with Crippen molar-refractivity contribution in [2.45, 2.75) is 30.6 Å². The van der Waals surface area contributed by atoms with Gasteiger partial charge in [0.05, 0.1) is 7.11 Å². The largest absolute Gasteiger partial charge is 0.480 e. The molecule has 2 unspecified atom stereocenters. The zero-order chi connectivity index (χ0) is 21.2. The highest BCUT2D eigenvalue weighted by molar-refractivity contribution is 9.09. The van der Waals surface area contributed by atoms with Crippen molar-refractivity contribution in [1.82, 2.24) is 0 Å². The summed E-state index contributed by atoms with van der Waals surface area (Å²) in [5.74, 6) is -4.07. The maximum absolute atomic E-state index is 12.8. The molecule has 1 aliphatic carbocycles. The van der Waals surface area contributed by atoms with Crippen LogP contribution in [0.3, 0.4) is 0 Å². The number of alkyl halides is 1. The molecule has 2 aromatic carbocycles. The van der Waals surface area contributed by atoms with Crippen LogP contribution in [-0.2, 0) is 24.5 Å². The van der Waals surface area contributed by atoms with Gasteiger partial charge < -0.3 is 15.6 Å². The third-order valence-corrected chi connectivity index (χ3v) is 6.09. The summed E-state index contributed by atoms with van der Waals surface area (Å²) in [6.07, 6.45) is 1.78. The molecule has 1 aliphatic rings. The smallest absolute Gasteiger partial charge is 0.322 e. The second-order valence-corrected chi connectivity index (χ2v) is 7.82. The molecular weight excluding hydrogens is 438 g/mol. The van der Waals surface area contributed by atoms with Gasteiger partial charge >= 0.3 is 11.9 Å². The van der Waals surface area contributed by atoms with Crippen molar-refractivity contribution >= 4 is 33.8 Å². The number of benzene rings is 2. The Morgan fingerprint density at radius 3 is 2.41 bits per heavy atom. The van der Waals surface area contributed by atoms with E-state index in [-0.39, 0.29) is 0 Å². The van der Waals surface area contributed by atoms with Crippen molar-refractivity contribution in [2.75, 3.05) is 12.4 Å². The molecule has 0 heterocycles. The van der Waals surface area contributed by atoms with Gasteiger partial charge in [0.25, 0.3) is 0 Å². The Bertz CT molecular complexity index is 973. The minimum atomic E-state index is -1.38. The number of nitrogens with two attached hydrogens (primary N) is 1. The van der Waals surface area contributed by atoms with Crippen LogP contribution >= 0.6 is 15.9 Å². The maximum atomic E-state index is 12.8. The number of primary amides is 1. The van der Waals surface area contributed by atoms with E-state index in [9.17, 15) is 19.5 Å². The summed E-state index contributed by atoms with van der Waals surface area (Å²) >= 11 is 3.39. The minimum absolute atomic E-state index is 0.291. The van der Waals surface area contributed by atoms with E-state index in [1.165, 1.54) is 7.11 Å². The van der Waals surface area contributed by atoms with Crippen molar-refractivity contribution in [2.24, 2.45) is 5.73 Å². The molecule has 29 heavy (non-hydrogen) atoms. The molecule has 6 nitrogen and oxygen atoms in total. The predicted octanol–water partition coefficient (Wildman–Crippen LogP) is 3.34. The zero-order valence-electron chi connectivity index (χ0n) is 16.0. The van der Waals surface area contributed by atoms with Gasteiger partial charge in [-0.25, -0.2) is 0 Å². The van der Waals surface area contributed by atoms with Gasteiger partial charge in [0, 0.05) is 5.33 Å². The third kappa shape index (κ3) is 3.33. The Morgan fingerprint density at radius 2 is 1.79 bits per heavy atom. The van der Waals surface area contributed by atoms with E-state index >= 15 is 0 Å². The summed E-state index contributed by atoms with van der Waals surface area (Å²) in [6, 6.07) is 12.4. The number of rotatable bonds is 8. The van der Waals surface area contributed by atoms with E-state index in [1.54, 1.807) is 24.3 Å². The Morgan fingerprint density at radius 1 is 1.10 bits per heavy atom.